The molecule has 2 aliphatic rings. The fraction of sp³-hybridized carbons (Fsp3) is 0.500. The van der Waals surface area contributed by atoms with E-state index >= 15 is 0 Å². The zero-order valence-electron chi connectivity index (χ0n) is 22.4. The molecule has 3 heterocycles. The summed E-state index contributed by atoms with van der Waals surface area (Å²) < 4.78 is 0. The van der Waals surface area contributed by atoms with Gasteiger partial charge < -0.3 is 26.2 Å². The van der Waals surface area contributed by atoms with Crippen LogP contribution in [0, 0.1) is 11.4 Å². The smallest absolute Gasteiger partial charge is 0.243 e. The molecule has 0 bridgehead atoms. The molecule has 0 radical (unpaired) electrons. The van der Waals surface area contributed by atoms with E-state index in [9.17, 15) is 14.4 Å². The van der Waals surface area contributed by atoms with E-state index in [0.29, 0.717) is 18.7 Å². The van der Waals surface area contributed by atoms with E-state index in [4.69, 9.17) is 11.3 Å². The van der Waals surface area contributed by atoms with Gasteiger partial charge in [-0.1, -0.05) is 6.07 Å². The van der Waals surface area contributed by atoms with Crippen LogP contribution in [0.4, 0.5) is 11.4 Å². The number of pyridine rings is 1. The molecule has 0 saturated carbocycles. The molecule has 3 amide bonds. The summed E-state index contributed by atoms with van der Waals surface area (Å²) in [6.45, 7) is 2.20. The van der Waals surface area contributed by atoms with Gasteiger partial charge >= 0.3 is 0 Å². The molecule has 0 spiro atoms. The Kier molecular flexibility index (Phi) is 9.59. The third-order valence-electron chi connectivity index (χ3n) is 7.61. The Morgan fingerprint density at radius 3 is 2.59 bits per heavy atom. The quantitative estimate of drug-likeness (QED) is 0.325. The van der Waals surface area contributed by atoms with Crippen LogP contribution >= 0.6 is 0 Å². The minimum Gasteiger partial charge on any atom is -0.386 e. The molecule has 39 heavy (non-hydrogen) atoms. The molecular formula is C28H38N8O3. The van der Waals surface area contributed by atoms with Crippen molar-refractivity contribution in [2.45, 2.75) is 57.2 Å². The first-order chi connectivity index (χ1) is 18.9. The van der Waals surface area contributed by atoms with Crippen molar-refractivity contribution in [3.63, 3.8) is 0 Å². The number of anilines is 1. The topological polar surface area (TPSA) is 157 Å². The van der Waals surface area contributed by atoms with Crippen molar-refractivity contribution in [3.05, 3.63) is 53.9 Å². The number of nitrogens with zero attached hydrogens (tertiary/aromatic N) is 4. The van der Waals surface area contributed by atoms with Crippen LogP contribution in [0.25, 0.3) is 0 Å². The number of hydrogen-bond acceptors (Lipinski definition) is 8. The van der Waals surface area contributed by atoms with Crippen molar-refractivity contribution in [2.75, 3.05) is 32.0 Å². The number of amides is 3. The highest BCUT2D eigenvalue weighted by Crippen LogP contribution is 2.29. The molecule has 3 atom stereocenters. The maximum absolute atomic E-state index is 13.5. The summed E-state index contributed by atoms with van der Waals surface area (Å²) in [7, 11) is 1.76. The van der Waals surface area contributed by atoms with E-state index in [-0.39, 0.29) is 43.0 Å². The summed E-state index contributed by atoms with van der Waals surface area (Å²) in [6.07, 6.45) is 7.22. The van der Waals surface area contributed by atoms with Gasteiger partial charge in [0.15, 0.2) is 0 Å². The fourth-order valence-electron chi connectivity index (χ4n) is 5.45. The molecule has 2 aliphatic heterocycles. The van der Waals surface area contributed by atoms with Gasteiger partial charge in [0, 0.05) is 52.0 Å². The Balaban J connectivity index is 1.42. The molecule has 2 saturated heterocycles. The minimum absolute atomic E-state index is 0.0325. The molecule has 0 unspecified atom stereocenters. The molecule has 1 aromatic carbocycles. The SMILES string of the molecule is CNc1ccc(CNC(=O)[C@@H]2C[C@@H](Cc3ccncc3)CN2C(=O)[C@H](N)CCC(=O)N2CCCC2)cc1N=N. The molecule has 208 valence electrons. The number of carbonyl (C=O) groups excluding carboxylic acids is 3. The fourth-order valence-corrected chi connectivity index (χ4v) is 5.45. The molecule has 5 N–H and O–H groups in total. The van der Waals surface area contributed by atoms with Crippen molar-refractivity contribution >= 4 is 29.1 Å². The zero-order valence-corrected chi connectivity index (χ0v) is 22.4. The molecule has 2 fully saturated rings. The highest BCUT2D eigenvalue weighted by Gasteiger charge is 2.41. The van der Waals surface area contributed by atoms with Crippen LogP contribution in [0.1, 0.15) is 43.2 Å². The third kappa shape index (κ3) is 7.17. The van der Waals surface area contributed by atoms with Gasteiger partial charge in [-0.25, -0.2) is 5.53 Å². The first-order valence-corrected chi connectivity index (χ1v) is 13.6. The predicted molar refractivity (Wildman–Crippen MR) is 147 cm³/mol. The first kappa shape index (κ1) is 28.2. The lowest BCUT2D eigenvalue weighted by Gasteiger charge is -2.27. The monoisotopic (exact) mass is 534 g/mol. The summed E-state index contributed by atoms with van der Waals surface area (Å²) in [6, 6.07) is 7.81. The van der Waals surface area contributed by atoms with Crippen molar-refractivity contribution in [2.24, 2.45) is 16.8 Å². The van der Waals surface area contributed by atoms with Crippen LogP contribution in [0.2, 0.25) is 0 Å². The Bertz CT molecular complexity index is 1170. The second kappa shape index (κ2) is 13.3. The molecule has 11 nitrogen and oxygen atoms in total. The van der Waals surface area contributed by atoms with Crippen molar-refractivity contribution in [3.8, 4) is 0 Å². The predicted octanol–water partition coefficient (Wildman–Crippen LogP) is 2.59. The van der Waals surface area contributed by atoms with Gasteiger partial charge in [-0.2, -0.15) is 5.11 Å². The van der Waals surface area contributed by atoms with Crippen LogP contribution in [0.3, 0.4) is 0 Å². The average Bonchev–Trinajstić information content (AvgIpc) is 3.65. The number of carbonyl (C=O) groups is 3. The number of benzene rings is 1. The van der Waals surface area contributed by atoms with Crippen LogP contribution in [-0.4, -0.2) is 71.3 Å². The van der Waals surface area contributed by atoms with E-state index in [1.807, 2.05) is 29.2 Å². The van der Waals surface area contributed by atoms with Crippen LogP contribution in [-0.2, 0) is 27.3 Å². The van der Waals surface area contributed by atoms with Crippen LogP contribution in [0.15, 0.2) is 47.8 Å². The second-order valence-electron chi connectivity index (χ2n) is 10.3. The van der Waals surface area contributed by atoms with E-state index < -0.39 is 12.1 Å². The molecule has 11 heteroatoms. The Labute approximate surface area is 229 Å². The van der Waals surface area contributed by atoms with E-state index in [1.165, 1.54) is 0 Å². The number of rotatable bonds is 11. The molecule has 4 rings (SSSR count). The number of likely N-dealkylation sites (tertiary alicyclic amines) is 2. The lowest BCUT2D eigenvalue weighted by molar-refractivity contribution is -0.140. The summed E-state index contributed by atoms with van der Waals surface area (Å²) >= 11 is 0. The second-order valence-corrected chi connectivity index (χ2v) is 10.3. The summed E-state index contributed by atoms with van der Waals surface area (Å²) in [5.74, 6) is -0.419. The zero-order chi connectivity index (χ0) is 27.8. The number of hydrogen-bond donors (Lipinski definition) is 4. The van der Waals surface area contributed by atoms with Crippen molar-refractivity contribution in [1.29, 1.82) is 5.53 Å². The van der Waals surface area contributed by atoms with Gasteiger partial charge in [0.25, 0.3) is 0 Å². The lowest BCUT2D eigenvalue weighted by Crippen LogP contribution is -2.51. The third-order valence-corrected chi connectivity index (χ3v) is 7.61. The molecule has 0 aliphatic carbocycles. The standard InChI is InChI=1S/C28H38N8O3/c1-31-23-6-4-20(15-24(23)34-30)17-33-27(38)25-16-21(14-19-8-10-32-11-9-19)18-36(25)28(39)22(29)5-7-26(37)35-12-2-3-13-35/h4,6,8-11,15,21-22,25,30-31H,2-3,5,7,12-14,16-18,29H2,1H3,(H,33,38)/t21-,22-,25+/m1/s1. The van der Waals surface area contributed by atoms with Crippen molar-refractivity contribution in [1.82, 2.24) is 20.1 Å². The normalized spacial score (nSPS) is 19.5. The number of nitrogens with two attached hydrogens (primary N) is 1. The van der Waals surface area contributed by atoms with E-state index in [2.05, 4.69) is 20.7 Å². The number of nitrogens with one attached hydrogen (secondary N) is 3. The van der Waals surface area contributed by atoms with E-state index in [0.717, 1.165) is 49.2 Å². The highest BCUT2D eigenvalue weighted by atomic mass is 16.2. The molecule has 1 aromatic heterocycles. The average molecular weight is 535 g/mol. The maximum atomic E-state index is 13.5. The van der Waals surface area contributed by atoms with Gasteiger partial charge in [-0.3, -0.25) is 19.4 Å². The summed E-state index contributed by atoms with van der Waals surface area (Å²) in [4.78, 5) is 46.8. The van der Waals surface area contributed by atoms with Gasteiger partial charge in [0.1, 0.15) is 11.7 Å². The summed E-state index contributed by atoms with van der Waals surface area (Å²) in [5, 5.41) is 9.49. The van der Waals surface area contributed by atoms with Crippen molar-refractivity contribution < 1.29 is 14.4 Å². The van der Waals surface area contributed by atoms with Gasteiger partial charge in [-0.05, 0) is 73.4 Å². The maximum Gasteiger partial charge on any atom is 0.243 e. The first-order valence-electron chi connectivity index (χ1n) is 13.6. The lowest BCUT2D eigenvalue weighted by atomic mass is 9.97. The molecular weight excluding hydrogens is 496 g/mol. The van der Waals surface area contributed by atoms with Crippen LogP contribution in [0.5, 0.6) is 0 Å². The van der Waals surface area contributed by atoms with Gasteiger partial charge in [0.05, 0.1) is 11.7 Å². The Morgan fingerprint density at radius 1 is 1.15 bits per heavy atom. The minimum atomic E-state index is -0.846. The molecule has 2 aromatic rings. The van der Waals surface area contributed by atoms with E-state index in [1.54, 1.807) is 30.4 Å². The highest BCUT2D eigenvalue weighted by molar-refractivity contribution is 5.90. The van der Waals surface area contributed by atoms with Crippen LogP contribution < -0.4 is 16.4 Å². The van der Waals surface area contributed by atoms with Gasteiger partial charge in [0.2, 0.25) is 17.7 Å². The largest absolute Gasteiger partial charge is 0.386 e. The Hall–Kier alpha value is -3.86. The summed E-state index contributed by atoms with van der Waals surface area (Å²) in [5.41, 5.74) is 16.8. The van der Waals surface area contributed by atoms with Gasteiger partial charge in [-0.15, -0.1) is 0 Å². The Morgan fingerprint density at radius 2 is 1.90 bits per heavy atom. The number of aromatic nitrogens is 1.